The molecule has 2 rings (SSSR count). The highest BCUT2D eigenvalue weighted by Gasteiger charge is 2.15. The number of benzene rings is 1. The van der Waals surface area contributed by atoms with Gasteiger partial charge in [0.25, 0.3) is 0 Å². The van der Waals surface area contributed by atoms with Gasteiger partial charge in [0.15, 0.2) is 5.82 Å². The number of nitrogens with one attached hydrogen (secondary N) is 1. The molecule has 0 bridgehead atoms. The second kappa shape index (κ2) is 6.32. The summed E-state index contributed by atoms with van der Waals surface area (Å²) in [6, 6.07) is 5.37. The van der Waals surface area contributed by atoms with E-state index in [2.05, 4.69) is 27.8 Å². The fraction of sp³-hybridized carbons (Fsp3) is 0.417. The van der Waals surface area contributed by atoms with Crippen LogP contribution in [0.5, 0.6) is 0 Å². The van der Waals surface area contributed by atoms with Crippen LogP contribution in [0.25, 0.3) is 5.69 Å². The smallest absolute Gasteiger partial charge is 0.173 e. The summed E-state index contributed by atoms with van der Waals surface area (Å²) in [5, 5.41) is 16.1. The summed E-state index contributed by atoms with van der Waals surface area (Å²) in [5.74, 6) is 0.742. The topological polar surface area (TPSA) is 55.6 Å². The van der Waals surface area contributed by atoms with Crippen LogP contribution in [0.4, 0.5) is 0 Å². The summed E-state index contributed by atoms with van der Waals surface area (Å²) in [7, 11) is 0. The van der Waals surface area contributed by atoms with Gasteiger partial charge in [-0.2, -0.15) is 4.68 Å². The molecular formula is C12H15Cl2N5. The first-order valence-corrected chi connectivity index (χ1v) is 6.86. The summed E-state index contributed by atoms with van der Waals surface area (Å²) >= 11 is 11.9. The Morgan fingerprint density at radius 3 is 2.79 bits per heavy atom. The Labute approximate surface area is 121 Å². The fourth-order valence-electron chi connectivity index (χ4n) is 1.72. The predicted molar refractivity (Wildman–Crippen MR) is 75.9 cm³/mol. The quantitative estimate of drug-likeness (QED) is 0.922. The zero-order valence-electron chi connectivity index (χ0n) is 10.8. The summed E-state index contributed by atoms with van der Waals surface area (Å²) < 4.78 is 1.66. The number of aromatic nitrogens is 4. The van der Waals surface area contributed by atoms with Crippen molar-refractivity contribution in [3.8, 4) is 5.69 Å². The highest BCUT2D eigenvalue weighted by molar-refractivity contribution is 6.42. The van der Waals surface area contributed by atoms with Crippen molar-refractivity contribution in [3.05, 3.63) is 34.1 Å². The minimum absolute atomic E-state index is 0.0596. The Bertz CT molecular complexity index is 555. The van der Waals surface area contributed by atoms with Gasteiger partial charge in [-0.25, -0.2) is 0 Å². The van der Waals surface area contributed by atoms with E-state index in [1.165, 1.54) is 0 Å². The van der Waals surface area contributed by atoms with E-state index in [-0.39, 0.29) is 6.04 Å². The molecule has 1 aromatic heterocycles. The standard InChI is InChI=1S/C12H15Cl2N5/c1-3-6-15-8(2)12-16-17-18-19(12)9-4-5-10(13)11(14)7-9/h4-5,7-8,15H,3,6H2,1-2H3. The van der Waals surface area contributed by atoms with E-state index in [0.717, 1.165) is 24.5 Å². The molecule has 1 atom stereocenters. The SMILES string of the molecule is CCCNC(C)c1nnnn1-c1ccc(Cl)c(Cl)c1. The van der Waals surface area contributed by atoms with Crippen LogP contribution in [-0.4, -0.2) is 26.8 Å². The van der Waals surface area contributed by atoms with E-state index < -0.39 is 0 Å². The van der Waals surface area contributed by atoms with E-state index in [0.29, 0.717) is 10.0 Å². The molecule has 0 amide bonds. The van der Waals surface area contributed by atoms with E-state index >= 15 is 0 Å². The van der Waals surface area contributed by atoms with Crippen LogP contribution in [0.1, 0.15) is 32.1 Å². The average Bonchev–Trinajstić information content (AvgIpc) is 2.88. The zero-order chi connectivity index (χ0) is 13.8. The van der Waals surface area contributed by atoms with Crippen LogP contribution in [0.2, 0.25) is 10.0 Å². The molecule has 0 fully saturated rings. The molecule has 102 valence electrons. The van der Waals surface area contributed by atoms with Crippen LogP contribution >= 0.6 is 23.2 Å². The van der Waals surface area contributed by atoms with E-state index in [4.69, 9.17) is 23.2 Å². The monoisotopic (exact) mass is 299 g/mol. The Hall–Kier alpha value is -1.17. The fourth-order valence-corrected chi connectivity index (χ4v) is 2.01. The zero-order valence-corrected chi connectivity index (χ0v) is 12.3. The average molecular weight is 300 g/mol. The highest BCUT2D eigenvalue weighted by atomic mass is 35.5. The van der Waals surface area contributed by atoms with Gasteiger partial charge in [0.1, 0.15) is 0 Å². The second-order valence-electron chi connectivity index (χ2n) is 4.22. The molecule has 0 radical (unpaired) electrons. The van der Waals surface area contributed by atoms with Crippen molar-refractivity contribution in [1.29, 1.82) is 0 Å². The Morgan fingerprint density at radius 1 is 1.32 bits per heavy atom. The van der Waals surface area contributed by atoms with Gasteiger partial charge >= 0.3 is 0 Å². The van der Waals surface area contributed by atoms with Gasteiger partial charge in [-0.1, -0.05) is 30.1 Å². The molecule has 1 aromatic carbocycles. The number of halogens is 2. The molecule has 7 heteroatoms. The number of hydrogen-bond donors (Lipinski definition) is 1. The summed E-state index contributed by atoms with van der Waals surface area (Å²) in [5.41, 5.74) is 0.791. The lowest BCUT2D eigenvalue weighted by atomic mass is 10.2. The van der Waals surface area contributed by atoms with Crippen LogP contribution in [0.15, 0.2) is 18.2 Å². The Morgan fingerprint density at radius 2 is 2.11 bits per heavy atom. The van der Waals surface area contributed by atoms with Gasteiger partial charge < -0.3 is 5.32 Å². The van der Waals surface area contributed by atoms with Crippen molar-refractivity contribution < 1.29 is 0 Å². The molecule has 0 aliphatic rings. The van der Waals surface area contributed by atoms with Crippen molar-refractivity contribution in [1.82, 2.24) is 25.5 Å². The van der Waals surface area contributed by atoms with E-state index in [1.54, 1.807) is 16.8 Å². The molecule has 0 aliphatic carbocycles. The Kier molecular flexibility index (Phi) is 4.74. The lowest BCUT2D eigenvalue weighted by molar-refractivity contribution is 0.531. The van der Waals surface area contributed by atoms with Crippen LogP contribution < -0.4 is 5.32 Å². The van der Waals surface area contributed by atoms with Crippen molar-refractivity contribution in [3.63, 3.8) is 0 Å². The largest absolute Gasteiger partial charge is 0.307 e. The van der Waals surface area contributed by atoms with Crippen molar-refractivity contribution >= 4 is 23.2 Å². The third-order valence-corrected chi connectivity index (χ3v) is 3.47. The third kappa shape index (κ3) is 3.23. The van der Waals surface area contributed by atoms with Crippen LogP contribution in [0.3, 0.4) is 0 Å². The molecule has 1 unspecified atom stereocenters. The normalized spacial score (nSPS) is 12.6. The van der Waals surface area contributed by atoms with Crippen LogP contribution in [-0.2, 0) is 0 Å². The number of tetrazole rings is 1. The summed E-state index contributed by atoms with van der Waals surface area (Å²) in [6.45, 7) is 5.05. The van der Waals surface area contributed by atoms with Crippen molar-refractivity contribution in [2.45, 2.75) is 26.3 Å². The first kappa shape index (κ1) is 14.2. The van der Waals surface area contributed by atoms with Crippen LogP contribution in [0, 0.1) is 0 Å². The van der Waals surface area contributed by atoms with Gasteiger partial charge in [0, 0.05) is 0 Å². The molecule has 0 saturated carbocycles. The van der Waals surface area contributed by atoms with E-state index in [9.17, 15) is 0 Å². The molecule has 2 aromatic rings. The number of nitrogens with zero attached hydrogens (tertiary/aromatic N) is 4. The molecule has 0 spiro atoms. The van der Waals surface area contributed by atoms with Crippen molar-refractivity contribution in [2.75, 3.05) is 6.54 Å². The third-order valence-electron chi connectivity index (χ3n) is 2.73. The van der Waals surface area contributed by atoms with Gasteiger partial charge in [0.2, 0.25) is 0 Å². The lowest BCUT2D eigenvalue weighted by Gasteiger charge is -2.13. The highest BCUT2D eigenvalue weighted by Crippen LogP contribution is 2.25. The molecule has 1 N–H and O–H groups in total. The first-order chi connectivity index (χ1) is 9.13. The molecule has 0 aliphatic heterocycles. The minimum atomic E-state index is 0.0596. The molecule has 1 heterocycles. The van der Waals surface area contributed by atoms with Gasteiger partial charge in [-0.3, -0.25) is 0 Å². The Balaban J connectivity index is 2.30. The number of rotatable bonds is 5. The molecular weight excluding hydrogens is 285 g/mol. The molecule has 5 nitrogen and oxygen atoms in total. The number of hydrogen-bond acceptors (Lipinski definition) is 4. The maximum atomic E-state index is 6.02. The minimum Gasteiger partial charge on any atom is -0.307 e. The van der Waals surface area contributed by atoms with Crippen molar-refractivity contribution in [2.24, 2.45) is 0 Å². The second-order valence-corrected chi connectivity index (χ2v) is 5.04. The maximum Gasteiger partial charge on any atom is 0.173 e. The summed E-state index contributed by atoms with van der Waals surface area (Å²) in [4.78, 5) is 0. The molecule has 19 heavy (non-hydrogen) atoms. The predicted octanol–water partition coefficient (Wildman–Crippen LogP) is 3.03. The first-order valence-electron chi connectivity index (χ1n) is 6.10. The van der Waals surface area contributed by atoms with E-state index in [1.807, 2.05) is 13.0 Å². The maximum absolute atomic E-state index is 6.02. The van der Waals surface area contributed by atoms with Gasteiger partial charge in [0.05, 0.1) is 21.8 Å². The summed E-state index contributed by atoms with van der Waals surface area (Å²) in [6.07, 6.45) is 1.05. The lowest BCUT2D eigenvalue weighted by Crippen LogP contribution is -2.22. The van der Waals surface area contributed by atoms with Gasteiger partial charge in [-0.05, 0) is 48.5 Å². The molecule has 0 saturated heterocycles. The van der Waals surface area contributed by atoms with Gasteiger partial charge in [-0.15, -0.1) is 5.10 Å².